The lowest BCUT2D eigenvalue weighted by atomic mass is 10.1. The molecule has 2 aromatic carbocycles. The first-order valence-electron chi connectivity index (χ1n) is 14.2. The van der Waals surface area contributed by atoms with Crippen LogP contribution in [-0.4, -0.2) is 56.9 Å². The Morgan fingerprint density at radius 2 is 1.83 bits per heavy atom. The largest absolute Gasteiger partial charge is 0.495 e. The normalized spacial score (nSPS) is 13.4. The topological polar surface area (TPSA) is 82.4 Å². The van der Waals surface area contributed by atoms with Crippen LogP contribution in [0.3, 0.4) is 0 Å². The molecule has 8 nitrogen and oxygen atoms in total. The zero-order chi connectivity index (χ0) is 28.4. The number of rotatable bonds is 13. The van der Waals surface area contributed by atoms with E-state index in [2.05, 4.69) is 9.88 Å². The Morgan fingerprint density at radius 1 is 1.05 bits per heavy atom. The van der Waals surface area contributed by atoms with E-state index in [4.69, 9.17) is 31.2 Å². The molecule has 0 saturated heterocycles. The number of halogens is 1. The smallest absolute Gasteiger partial charge is 0.222 e. The highest BCUT2D eigenvalue weighted by Gasteiger charge is 2.27. The number of pyridine rings is 1. The standard InChI is InChI=1S/C32H36ClN5O3/c1-40-29-14-13-26(22-28(29)33)32-35-31(25-15-17-34-18-16-25)36-38(32)20-19-37(27-10-5-6-11-27)30(39)12-7-21-41-23-24-8-3-2-4-9-24/h2-4,8-9,13-18,22,27H,5-7,10-12,19-21,23H2,1H3. The Balaban J connectivity index is 1.29. The van der Waals surface area contributed by atoms with Crippen LogP contribution in [0.2, 0.25) is 5.02 Å². The van der Waals surface area contributed by atoms with Gasteiger partial charge in [0.2, 0.25) is 5.91 Å². The maximum atomic E-state index is 13.5. The van der Waals surface area contributed by atoms with E-state index < -0.39 is 0 Å². The second-order valence-corrected chi connectivity index (χ2v) is 10.6. The van der Waals surface area contributed by atoms with E-state index in [0.29, 0.717) is 61.6 Å². The van der Waals surface area contributed by atoms with E-state index in [0.717, 1.165) is 42.4 Å². The molecule has 0 atom stereocenters. The lowest BCUT2D eigenvalue weighted by Crippen LogP contribution is -2.41. The molecule has 0 radical (unpaired) electrons. The third-order valence-electron chi connectivity index (χ3n) is 7.45. The van der Waals surface area contributed by atoms with Gasteiger partial charge in [-0.1, -0.05) is 54.8 Å². The maximum Gasteiger partial charge on any atom is 0.222 e. The van der Waals surface area contributed by atoms with Crippen molar-refractivity contribution < 1.29 is 14.3 Å². The third-order valence-corrected chi connectivity index (χ3v) is 7.74. The monoisotopic (exact) mass is 573 g/mol. The quantitative estimate of drug-likeness (QED) is 0.171. The van der Waals surface area contributed by atoms with Crippen molar-refractivity contribution in [2.45, 2.75) is 57.7 Å². The number of benzene rings is 2. The molecular formula is C32H36ClN5O3. The number of aromatic nitrogens is 4. The van der Waals surface area contributed by atoms with Gasteiger partial charge in [-0.25, -0.2) is 9.67 Å². The molecule has 1 saturated carbocycles. The van der Waals surface area contributed by atoms with Gasteiger partial charge in [0.05, 0.1) is 25.3 Å². The van der Waals surface area contributed by atoms with Crippen LogP contribution in [0.15, 0.2) is 73.1 Å². The zero-order valence-corrected chi connectivity index (χ0v) is 24.2. The lowest BCUT2D eigenvalue weighted by molar-refractivity contribution is -0.134. The van der Waals surface area contributed by atoms with Gasteiger partial charge in [0.25, 0.3) is 0 Å². The average Bonchev–Trinajstić information content (AvgIpc) is 3.69. The summed E-state index contributed by atoms with van der Waals surface area (Å²) in [6.07, 6.45) is 8.99. The van der Waals surface area contributed by atoms with Gasteiger partial charge in [0, 0.05) is 49.1 Å². The molecule has 2 aromatic heterocycles. The van der Waals surface area contributed by atoms with Gasteiger partial charge in [-0.3, -0.25) is 9.78 Å². The molecule has 9 heteroatoms. The van der Waals surface area contributed by atoms with E-state index in [1.807, 2.05) is 65.3 Å². The van der Waals surface area contributed by atoms with Crippen molar-refractivity contribution in [3.63, 3.8) is 0 Å². The van der Waals surface area contributed by atoms with Crippen LogP contribution in [0, 0.1) is 0 Å². The average molecular weight is 574 g/mol. The first-order valence-corrected chi connectivity index (χ1v) is 14.6. The first-order chi connectivity index (χ1) is 20.1. The van der Waals surface area contributed by atoms with Gasteiger partial charge >= 0.3 is 0 Å². The molecule has 5 rings (SSSR count). The van der Waals surface area contributed by atoms with Crippen LogP contribution in [0.1, 0.15) is 44.1 Å². The van der Waals surface area contributed by atoms with Crippen molar-refractivity contribution in [2.75, 3.05) is 20.3 Å². The second-order valence-electron chi connectivity index (χ2n) is 10.2. The van der Waals surface area contributed by atoms with Gasteiger partial charge in [0.1, 0.15) is 5.75 Å². The highest BCUT2D eigenvalue weighted by molar-refractivity contribution is 6.32. The lowest BCUT2D eigenvalue weighted by Gasteiger charge is -2.29. The van der Waals surface area contributed by atoms with Crippen molar-refractivity contribution in [3.8, 4) is 28.5 Å². The summed E-state index contributed by atoms with van der Waals surface area (Å²) < 4.78 is 13.0. The number of hydrogen-bond donors (Lipinski definition) is 0. The van der Waals surface area contributed by atoms with Crippen molar-refractivity contribution >= 4 is 17.5 Å². The van der Waals surface area contributed by atoms with Crippen LogP contribution in [0.4, 0.5) is 0 Å². The minimum absolute atomic E-state index is 0.170. The summed E-state index contributed by atoms with van der Waals surface area (Å²) in [5.74, 6) is 2.06. The molecule has 1 fully saturated rings. The van der Waals surface area contributed by atoms with Crippen LogP contribution in [0.5, 0.6) is 5.75 Å². The van der Waals surface area contributed by atoms with E-state index in [-0.39, 0.29) is 11.9 Å². The molecule has 0 bridgehead atoms. The number of carbonyl (C=O) groups excluding carboxylic acids is 1. The Kier molecular flexibility index (Phi) is 9.99. The Bertz CT molecular complexity index is 1410. The second kappa shape index (κ2) is 14.2. The van der Waals surface area contributed by atoms with Crippen LogP contribution in [0.25, 0.3) is 22.8 Å². The zero-order valence-electron chi connectivity index (χ0n) is 23.4. The minimum Gasteiger partial charge on any atom is -0.495 e. The fraction of sp³-hybridized carbons (Fsp3) is 0.375. The Labute approximate surface area is 246 Å². The molecule has 1 aliphatic carbocycles. The van der Waals surface area contributed by atoms with Gasteiger partial charge in [-0.05, 0) is 55.2 Å². The number of ether oxygens (including phenoxy) is 2. The maximum absolute atomic E-state index is 13.5. The molecule has 0 spiro atoms. The molecule has 214 valence electrons. The molecule has 0 aliphatic heterocycles. The summed E-state index contributed by atoms with van der Waals surface area (Å²) in [6.45, 7) is 2.19. The molecule has 0 unspecified atom stereocenters. The summed E-state index contributed by atoms with van der Waals surface area (Å²) in [5, 5.41) is 5.35. The summed E-state index contributed by atoms with van der Waals surface area (Å²) in [7, 11) is 1.59. The SMILES string of the molecule is COc1ccc(-c2nc(-c3ccncc3)nn2CCN(C(=O)CCCOCc2ccccc2)C2CCCC2)cc1Cl. The molecule has 4 aromatic rings. The summed E-state index contributed by atoms with van der Waals surface area (Å²) in [5.41, 5.74) is 2.84. The summed E-state index contributed by atoms with van der Waals surface area (Å²) in [4.78, 5) is 24.5. The highest BCUT2D eigenvalue weighted by Crippen LogP contribution is 2.31. The van der Waals surface area contributed by atoms with Crippen molar-refractivity contribution in [2.24, 2.45) is 0 Å². The number of amides is 1. The number of carbonyl (C=O) groups is 1. The van der Waals surface area contributed by atoms with E-state index >= 15 is 0 Å². The van der Waals surface area contributed by atoms with Crippen molar-refractivity contribution in [1.29, 1.82) is 0 Å². The predicted molar refractivity (Wildman–Crippen MR) is 160 cm³/mol. The van der Waals surface area contributed by atoms with Gasteiger partial charge in [-0.15, -0.1) is 0 Å². The summed E-state index contributed by atoms with van der Waals surface area (Å²) >= 11 is 6.46. The van der Waals surface area contributed by atoms with Crippen LogP contribution < -0.4 is 4.74 Å². The highest BCUT2D eigenvalue weighted by atomic mass is 35.5. The van der Waals surface area contributed by atoms with Gasteiger partial charge < -0.3 is 14.4 Å². The van der Waals surface area contributed by atoms with E-state index in [1.165, 1.54) is 0 Å². The third kappa shape index (κ3) is 7.51. The molecule has 41 heavy (non-hydrogen) atoms. The Hall–Kier alpha value is -3.75. The number of nitrogens with zero attached hydrogens (tertiary/aromatic N) is 5. The Morgan fingerprint density at radius 3 is 2.56 bits per heavy atom. The van der Waals surface area contributed by atoms with Crippen molar-refractivity contribution in [3.05, 3.63) is 83.6 Å². The van der Waals surface area contributed by atoms with Gasteiger partial charge in [0.15, 0.2) is 11.6 Å². The molecule has 1 aliphatic rings. The van der Waals surface area contributed by atoms with E-state index in [9.17, 15) is 4.79 Å². The fourth-order valence-corrected chi connectivity index (χ4v) is 5.56. The predicted octanol–water partition coefficient (Wildman–Crippen LogP) is 6.44. The van der Waals surface area contributed by atoms with Gasteiger partial charge in [-0.2, -0.15) is 5.10 Å². The first kappa shape index (κ1) is 28.8. The fourth-order valence-electron chi connectivity index (χ4n) is 5.30. The van der Waals surface area contributed by atoms with Crippen LogP contribution >= 0.6 is 11.6 Å². The summed E-state index contributed by atoms with van der Waals surface area (Å²) in [6, 6.07) is 19.7. The van der Waals surface area contributed by atoms with Crippen molar-refractivity contribution in [1.82, 2.24) is 24.6 Å². The number of methoxy groups -OCH3 is 1. The van der Waals surface area contributed by atoms with Crippen LogP contribution in [-0.2, 0) is 22.7 Å². The van der Waals surface area contributed by atoms with E-state index in [1.54, 1.807) is 19.5 Å². The molecule has 2 heterocycles. The minimum atomic E-state index is 0.170. The molecule has 0 N–H and O–H groups in total. The molecular weight excluding hydrogens is 538 g/mol. The molecule has 1 amide bonds. The number of hydrogen-bond acceptors (Lipinski definition) is 6.